The minimum absolute atomic E-state index is 0.115. The molecule has 0 radical (unpaired) electrons. The fourth-order valence-electron chi connectivity index (χ4n) is 2.85. The number of aromatic nitrogens is 2. The third kappa shape index (κ3) is 3.00. The van der Waals surface area contributed by atoms with Crippen LogP contribution in [-0.2, 0) is 0 Å². The van der Waals surface area contributed by atoms with Crippen molar-refractivity contribution in [1.29, 1.82) is 0 Å². The number of nitrogens with zero attached hydrogens (tertiary/aromatic N) is 2. The number of amides is 1. The van der Waals surface area contributed by atoms with Gasteiger partial charge in [-0.3, -0.25) is 9.89 Å². The highest BCUT2D eigenvalue weighted by atomic mass is 16.3. The molecule has 1 aromatic carbocycles. The SMILES string of the molecule is Cc1cccc(-c2[nH]ncc2C(=O)N2CC[C@@](C)(O)[C@H](O)C2)c1. The second-order valence-corrected chi connectivity index (χ2v) is 6.40. The highest BCUT2D eigenvalue weighted by molar-refractivity contribution is 5.99. The molecule has 6 nitrogen and oxygen atoms in total. The van der Waals surface area contributed by atoms with Crippen molar-refractivity contribution < 1.29 is 15.0 Å². The molecule has 1 aliphatic heterocycles. The Morgan fingerprint density at radius 3 is 2.96 bits per heavy atom. The summed E-state index contributed by atoms with van der Waals surface area (Å²) in [6, 6.07) is 7.83. The topological polar surface area (TPSA) is 89.5 Å². The fourth-order valence-corrected chi connectivity index (χ4v) is 2.85. The van der Waals surface area contributed by atoms with E-state index in [1.807, 2.05) is 31.2 Å². The minimum Gasteiger partial charge on any atom is -0.388 e. The quantitative estimate of drug-likeness (QED) is 0.780. The van der Waals surface area contributed by atoms with Crippen molar-refractivity contribution in [2.24, 2.45) is 0 Å². The first kappa shape index (κ1) is 15.7. The summed E-state index contributed by atoms with van der Waals surface area (Å²) in [5.41, 5.74) is 2.00. The van der Waals surface area contributed by atoms with Crippen molar-refractivity contribution in [2.75, 3.05) is 13.1 Å². The van der Waals surface area contributed by atoms with Gasteiger partial charge in [-0.1, -0.05) is 23.8 Å². The number of aliphatic hydroxyl groups is 2. The van der Waals surface area contributed by atoms with Gasteiger partial charge in [0.25, 0.3) is 5.91 Å². The Hall–Kier alpha value is -2.18. The molecule has 0 saturated carbocycles. The molecule has 6 heteroatoms. The van der Waals surface area contributed by atoms with Crippen LogP contribution in [0.5, 0.6) is 0 Å². The maximum atomic E-state index is 12.8. The number of hydrogen-bond donors (Lipinski definition) is 3. The lowest BCUT2D eigenvalue weighted by atomic mass is 9.90. The number of aliphatic hydroxyl groups excluding tert-OH is 1. The Labute approximate surface area is 134 Å². The summed E-state index contributed by atoms with van der Waals surface area (Å²) >= 11 is 0. The van der Waals surface area contributed by atoms with Gasteiger partial charge < -0.3 is 15.1 Å². The number of H-pyrrole nitrogens is 1. The smallest absolute Gasteiger partial charge is 0.257 e. The molecule has 1 aliphatic rings. The number of β-amino-alcohol motifs (C(OH)–C–C–N with tert-alkyl or cyclic N) is 1. The molecule has 3 N–H and O–H groups in total. The lowest BCUT2D eigenvalue weighted by Crippen LogP contribution is -2.55. The standard InChI is InChI=1S/C17H21N3O3/c1-11-4-3-5-12(8-11)15-13(9-18-19-15)16(22)20-7-6-17(2,23)14(21)10-20/h3-5,8-9,14,21,23H,6-7,10H2,1-2H3,(H,18,19)/t14-,17-/m1/s1. The highest BCUT2D eigenvalue weighted by Gasteiger charge is 2.38. The monoisotopic (exact) mass is 315 g/mol. The van der Waals surface area contributed by atoms with Gasteiger partial charge in [-0.15, -0.1) is 0 Å². The zero-order chi connectivity index (χ0) is 16.6. The summed E-state index contributed by atoms with van der Waals surface area (Å²) in [6.07, 6.45) is 0.908. The lowest BCUT2D eigenvalue weighted by Gasteiger charge is -2.39. The molecule has 2 aromatic rings. The highest BCUT2D eigenvalue weighted by Crippen LogP contribution is 2.27. The first-order valence-electron chi connectivity index (χ1n) is 7.68. The average Bonchev–Trinajstić information content (AvgIpc) is 2.99. The average molecular weight is 315 g/mol. The van der Waals surface area contributed by atoms with Gasteiger partial charge in [-0.25, -0.2) is 0 Å². The van der Waals surface area contributed by atoms with Crippen LogP contribution in [0.25, 0.3) is 11.3 Å². The fraction of sp³-hybridized carbons (Fsp3) is 0.412. The molecule has 1 aromatic heterocycles. The molecule has 1 amide bonds. The van der Waals surface area contributed by atoms with E-state index in [-0.39, 0.29) is 12.5 Å². The van der Waals surface area contributed by atoms with E-state index in [0.717, 1.165) is 11.1 Å². The molecule has 1 fully saturated rings. The van der Waals surface area contributed by atoms with Gasteiger partial charge in [0.15, 0.2) is 0 Å². The summed E-state index contributed by atoms with van der Waals surface area (Å²) in [6.45, 7) is 4.10. The molecule has 0 aliphatic carbocycles. The Balaban J connectivity index is 1.86. The number of benzene rings is 1. The number of carbonyl (C=O) groups excluding carboxylic acids is 1. The molecule has 23 heavy (non-hydrogen) atoms. The Kier molecular flexibility index (Phi) is 3.95. The normalized spacial score (nSPS) is 24.7. The number of aryl methyl sites for hydroxylation is 1. The van der Waals surface area contributed by atoms with Crippen molar-refractivity contribution in [3.05, 3.63) is 41.6 Å². The minimum atomic E-state index is -1.15. The zero-order valence-corrected chi connectivity index (χ0v) is 13.3. The first-order valence-corrected chi connectivity index (χ1v) is 7.68. The summed E-state index contributed by atoms with van der Waals surface area (Å²) in [7, 11) is 0. The van der Waals surface area contributed by atoms with E-state index in [2.05, 4.69) is 10.2 Å². The molecular weight excluding hydrogens is 294 g/mol. The van der Waals surface area contributed by atoms with Crippen LogP contribution in [0.3, 0.4) is 0 Å². The van der Waals surface area contributed by atoms with E-state index in [4.69, 9.17) is 0 Å². The van der Waals surface area contributed by atoms with Gasteiger partial charge in [0, 0.05) is 18.7 Å². The van der Waals surface area contributed by atoms with Crippen molar-refractivity contribution in [1.82, 2.24) is 15.1 Å². The molecule has 0 bridgehead atoms. The molecule has 1 saturated heterocycles. The van der Waals surface area contributed by atoms with Crippen LogP contribution in [0.15, 0.2) is 30.5 Å². The van der Waals surface area contributed by atoms with Gasteiger partial charge in [0.1, 0.15) is 0 Å². The van der Waals surface area contributed by atoms with Crippen LogP contribution in [0.2, 0.25) is 0 Å². The van der Waals surface area contributed by atoms with Gasteiger partial charge in [-0.05, 0) is 26.3 Å². The van der Waals surface area contributed by atoms with Gasteiger partial charge in [0.2, 0.25) is 0 Å². The lowest BCUT2D eigenvalue weighted by molar-refractivity contribution is -0.0999. The zero-order valence-electron chi connectivity index (χ0n) is 13.3. The largest absolute Gasteiger partial charge is 0.388 e. The van der Waals surface area contributed by atoms with E-state index in [1.165, 1.54) is 6.20 Å². The van der Waals surface area contributed by atoms with Crippen molar-refractivity contribution in [2.45, 2.75) is 32.0 Å². The van der Waals surface area contributed by atoms with E-state index in [9.17, 15) is 15.0 Å². The molecule has 0 spiro atoms. The van der Waals surface area contributed by atoms with Crippen LogP contribution in [-0.4, -0.2) is 56.0 Å². The van der Waals surface area contributed by atoms with E-state index < -0.39 is 11.7 Å². The Bertz CT molecular complexity index is 723. The second kappa shape index (κ2) is 5.79. The van der Waals surface area contributed by atoms with Gasteiger partial charge in [-0.2, -0.15) is 5.10 Å². The molecule has 2 atom stereocenters. The summed E-state index contributed by atoms with van der Waals surface area (Å²) in [5, 5.41) is 26.9. The third-order valence-corrected chi connectivity index (χ3v) is 4.46. The summed E-state index contributed by atoms with van der Waals surface area (Å²) < 4.78 is 0. The summed E-state index contributed by atoms with van der Waals surface area (Å²) in [4.78, 5) is 14.3. The number of rotatable bonds is 2. The number of carbonyl (C=O) groups is 1. The second-order valence-electron chi connectivity index (χ2n) is 6.40. The molecule has 122 valence electrons. The molecular formula is C17H21N3O3. The number of piperidine rings is 1. The van der Waals surface area contributed by atoms with Crippen LogP contribution in [0.4, 0.5) is 0 Å². The number of likely N-dealkylation sites (tertiary alicyclic amines) is 1. The molecule has 3 rings (SSSR count). The van der Waals surface area contributed by atoms with Crippen LogP contribution >= 0.6 is 0 Å². The first-order chi connectivity index (χ1) is 10.9. The number of hydrogen-bond acceptors (Lipinski definition) is 4. The predicted molar refractivity (Wildman–Crippen MR) is 85.9 cm³/mol. The van der Waals surface area contributed by atoms with Gasteiger partial charge >= 0.3 is 0 Å². The third-order valence-electron chi connectivity index (χ3n) is 4.46. The summed E-state index contributed by atoms with van der Waals surface area (Å²) in [5.74, 6) is -0.190. The van der Waals surface area contributed by atoms with Gasteiger partial charge in [0.05, 0.1) is 29.2 Å². The van der Waals surface area contributed by atoms with E-state index >= 15 is 0 Å². The van der Waals surface area contributed by atoms with Crippen LogP contribution in [0, 0.1) is 6.92 Å². The van der Waals surface area contributed by atoms with Crippen molar-refractivity contribution in [3.63, 3.8) is 0 Å². The number of aromatic amines is 1. The Morgan fingerprint density at radius 1 is 1.48 bits per heavy atom. The maximum absolute atomic E-state index is 12.8. The van der Waals surface area contributed by atoms with Crippen molar-refractivity contribution in [3.8, 4) is 11.3 Å². The van der Waals surface area contributed by atoms with Crippen LogP contribution < -0.4 is 0 Å². The Morgan fingerprint density at radius 2 is 2.26 bits per heavy atom. The van der Waals surface area contributed by atoms with Crippen LogP contribution in [0.1, 0.15) is 29.3 Å². The van der Waals surface area contributed by atoms with Crippen molar-refractivity contribution >= 4 is 5.91 Å². The maximum Gasteiger partial charge on any atom is 0.257 e. The molecule has 2 heterocycles. The van der Waals surface area contributed by atoms with E-state index in [1.54, 1.807) is 11.8 Å². The molecule has 0 unspecified atom stereocenters. The predicted octanol–water partition coefficient (Wildman–Crippen LogP) is 1.34. The number of nitrogens with one attached hydrogen (secondary N) is 1. The van der Waals surface area contributed by atoms with E-state index in [0.29, 0.717) is 24.2 Å².